The van der Waals surface area contributed by atoms with Gasteiger partial charge in [0.2, 0.25) is 0 Å². The highest BCUT2D eigenvalue weighted by molar-refractivity contribution is 5.96. The molecule has 0 saturated heterocycles. The van der Waals surface area contributed by atoms with Crippen LogP contribution in [0, 0.1) is 0 Å². The minimum atomic E-state index is -0.0210. The monoisotopic (exact) mass is 218 g/mol. The molecule has 0 spiro atoms. The van der Waals surface area contributed by atoms with Crippen molar-refractivity contribution in [3.8, 4) is 0 Å². The van der Waals surface area contributed by atoms with E-state index in [4.69, 9.17) is 0 Å². The third kappa shape index (κ3) is 4.75. The molecule has 0 heterocycles. The Morgan fingerprint density at radius 1 is 1.12 bits per heavy atom. The van der Waals surface area contributed by atoms with Crippen LogP contribution in [0.5, 0.6) is 0 Å². The maximum atomic E-state index is 11.7. The summed E-state index contributed by atoms with van der Waals surface area (Å²) in [5.41, 5.74) is 0.685. The zero-order valence-corrected chi connectivity index (χ0v) is 9.57. The quantitative estimate of drug-likeness (QED) is 0.683. The van der Waals surface area contributed by atoms with Gasteiger partial charge in [-0.1, -0.05) is 30.4 Å². The Kier molecular flexibility index (Phi) is 5.96. The molecule has 1 rings (SSSR count). The Balaban J connectivity index is 2.40. The van der Waals surface area contributed by atoms with Gasteiger partial charge in [0.05, 0.1) is 0 Å². The van der Waals surface area contributed by atoms with Gasteiger partial charge in [0, 0.05) is 12.1 Å². The fraction of sp³-hybridized carbons (Fsp3) is 0.308. The number of allylic oxidation sites excluding steroid dienone is 6. The molecule has 3 heteroatoms. The zero-order valence-electron chi connectivity index (χ0n) is 9.57. The molecule has 1 amide bonds. The van der Waals surface area contributed by atoms with Crippen molar-refractivity contribution in [1.82, 2.24) is 10.6 Å². The fourth-order valence-electron chi connectivity index (χ4n) is 1.29. The summed E-state index contributed by atoms with van der Waals surface area (Å²) in [4.78, 5) is 11.7. The normalized spacial score (nSPS) is 18.2. The zero-order chi connectivity index (χ0) is 11.6. The van der Waals surface area contributed by atoms with Gasteiger partial charge < -0.3 is 10.6 Å². The van der Waals surface area contributed by atoms with Crippen molar-refractivity contribution in [2.75, 3.05) is 20.1 Å². The summed E-state index contributed by atoms with van der Waals surface area (Å²) in [6.07, 6.45) is 14.0. The van der Waals surface area contributed by atoms with Crippen LogP contribution in [0.25, 0.3) is 0 Å². The van der Waals surface area contributed by atoms with E-state index < -0.39 is 0 Å². The van der Waals surface area contributed by atoms with Crippen molar-refractivity contribution in [2.24, 2.45) is 0 Å². The van der Waals surface area contributed by atoms with Gasteiger partial charge in [-0.15, -0.1) is 0 Å². The Labute approximate surface area is 96.6 Å². The van der Waals surface area contributed by atoms with Crippen LogP contribution in [-0.4, -0.2) is 26.0 Å². The second-order valence-electron chi connectivity index (χ2n) is 3.46. The molecule has 0 bridgehead atoms. The number of hydrogen-bond donors (Lipinski definition) is 2. The highest BCUT2D eigenvalue weighted by atomic mass is 16.1. The third-order valence-electron chi connectivity index (χ3n) is 2.15. The molecule has 0 saturated carbocycles. The first-order valence-corrected chi connectivity index (χ1v) is 5.49. The first-order valence-electron chi connectivity index (χ1n) is 5.49. The molecular formula is C13H18N2O. The molecule has 0 aromatic heterocycles. The molecule has 3 nitrogen and oxygen atoms in total. The van der Waals surface area contributed by atoms with Crippen molar-refractivity contribution < 1.29 is 4.79 Å². The lowest BCUT2D eigenvalue weighted by molar-refractivity contribution is -0.117. The van der Waals surface area contributed by atoms with Gasteiger partial charge >= 0.3 is 0 Å². The van der Waals surface area contributed by atoms with Crippen LogP contribution in [0.2, 0.25) is 0 Å². The van der Waals surface area contributed by atoms with E-state index in [1.54, 1.807) is 0 Å². The van der Waals surface area contributed by atoms with Gasteiger partial charge in [-0.3, -0.25) is 4.79 Å². The number of nitrogens with one attached hydrogen (secondary N) is 2. The molecule has 0 unspecified atom stereocenters. The Morgan fingerprint density at radius 2 is 1.88 bits per heavy atom. The average molecular weight is 218 g/mol. The number of hydrogen-bond acceptors (Lipinski definition) is 2. The van der Waals surface area contributed by atoms with Crippen LogP contribution in [0.15, 0.2) is 48.1 Å². The van der Waals surface area contributed by atoms with Crippen LogP contribution >= 0.6 is 0 Å². The van der Waals surface area contributed by atoms with E-state index in [9.17, 15) is 4.79 Å². The lowest BCUT2D eigenvalue weighted by Gasteiger charge is -2.05. The second kappa shape index (κ2) is 7.65. The molecule has 0 fully saturated rings. The summed E-state index contributed by atoms with van der Waals surface area (Å²) in [6, 6.07) is 0. The summed E-state index contributed by atoms with van der Waals surface area (Å²) in [5.74, 6) is -0.0210. The van der Waals surface area contributed by atoms with E-state index in [-0.39, 0.29) is 5.91 Å². The smallest absolute Gasteiger partial charge is 0.251 e. The standard InChI is InChI=1S/C13H18N2O/c1-14-10-7-11-15-13(16)12-8-5-3-2-4-6-9-12/h2-6,8-9,14H,7,10-11H2,1H3,(H,15,16)/b3-2-,4-2?,5-3?,6-4-,8-5?,9-6?,12-8?,12-9?. The van der Waals surface area contributed by atoms with Crippen LogP contribution in [0.3, 0.4) is 0 Å². The predicted molar refractivity (Wildman–Crippen MR) is 67.1 cm³/mol. The average Bonchev–Trinajstić information content (AvgIpc) is 2.23. The Hall–Kier alpha value is -1.61. The number of rotatable bonds is 5. The first kappa shape index (κ1) is 12.5. The van der Waals surface area contributed by atoms with Gasteiger partial charge in [-0.05, 0) is 32.2 Å². The molecule has 1 aliphatic carbocycles. The van der Waals surface area contributed by atoms with E-state index in [1.165, 1.54) is 0 Å². The minimum Gasteiger partial charge on any atom is -0.352 e. The molecule has 0 radical (unpaired) electrons. The van der Waals surface area contributed by atoms with Gasteiger partial charge in [-0.25, -0.2) is 0 Å². The number of carbonyl (C=O) groups is 1. The Bertz CT molecular complexity index is 338. The maximum absolute atomic E-state index is 11.7. The molecule has 0 aromatic carbocycles. The molecular weight excluding hydrogens is 200 g/mol. The van der Waals surface area contributed by atoms with E-state index in [0.717, 1.165) is 13.0 Å². The predicted octanol–water partition coefficient (Wildman–Crippen LogP) is 1.32. The molecule has 0 aromatic rings. The van der Waals surface area contributed by atoms with Crippen molar-refractivity contribution >= 4 is 5.91 Å². The van der Waals surface area contributed by atoms with Gasteiger partial charge in [0.1, 0.15) is 0 Å². The highest BCUT2D eigenvalue weighted by Crippen LogP contribution is 2.01. The van der Waals surface area contributed by atoms with Crippen molar-refractivity contribution in [2.45, 2.75) is 6.42 Å². The van der Waals surface area contributed by atoms with Gasteiger partial charge in [0.25, 0.3) is 5.91 Å². The lowest BCUT2D eigenvalue weighted by atomic mass is 10.1. The third-order valence-corrected chi connectivity index (χ3v) is 2.15. The Morgan fingerprint density at radius 3 is 2.69 bits per heavy atom. The number of amides is 1. The maximum Gasteiger partial charge on any atom is 0.251 e. The SMILES string of the molecule is CNCCCNC(=O)C1=C/C=C\C=C/C=C1. The van der Waals surface area contributed by atoms with Crippen molar-refractivity contribution in [3.05, 3.63) is 48.1 Å². The van der Waals surface area contributed by atoms with E-state index >= 15 is 0 Å². The largest absolute Gasteiger partial charge is 0.352 e. The molecule has 86 valence electrons. The molecule has 0 aliphatic heterocycles. The van der Waals surface area contributed by atoms with E-state index in [1.807, 2.05) is 49.6 Å². The summed E-state index contributed by atoms with van der Waals surface area (Å²) in [7, 11) is 1.90. The summed E-state index contributed by atoms with van der Waals surface area (Å²) in [6.45, 7) is 1.61. The van der Waals surface area contributed by atoms with E-state index in [0.29, 0.717) is 12.1 Å². The first-order chi connectivity index (χ1) is 7.84. The van der Waals surface area contributed by atoms with Gasteiger partial charge in [-0.2, -0.15) is 0 Å². The van der Waals surface area contributed by atoms with E-state index in [2.05, 4.69) is 10.6 Å². The molecule has 16 heavy (non-hydrogen) atoms. The van der Waals surface area contributed by atoms with Crippen LogP contribution in [0.4, 0.5) is 0 Å². The number of carbonyl (C=O) groups excluding carboxylic acids is 1. The van der Waals surface area contributed by atoms with Gasteiger partial charge in [0.15, 0.2) is 0 Å². The summed E-state index contributed by atoms with van der Waals surface area (Å²) in [5, 5.41) is 5.92. The second-order valence-corrected chi connectivity index (χ2v) is 3.46. The molecule has 1 aliphatic rings. The molecule has 0 atom stereocenters. The summed E-state index contributed by atoms with van der Waals surface area (Å²) >= 11 is 0. The minimum absolute atomic E-state index is 0.0210. The molecule has 2 N–H and O–H groups in total. The van der Waals surface area contributed by atoms with Crippen LogP contribution < -0.4 is 10.6 Å². The summed E-state index contributed by atoms with van der Waals surface area (Å²) < 4.78 is 0. The van der Waals surface area contributed by atoms with Crippen LogP contribution in [0.1, 0.15) is 6.42 Å². The highest BCUT2D eigenvalue weighted by Gasteiger charge is 2.03. The van der Waals surface area contributed by atoms with Crippen molar-refractivity contribution in [3.63, 3.8) is 0 Å². The lowest BCUT2D eigenvalue weighted by Crippen LogP contribution is -2.27. The topological polar surface area (TPSA) is 41.1 Å². The van der Waals surface area contributed by atoms with Crippen molar-refractivity contribution in [1.29, 1.82) is 0 Å². The fourth-order valence-corrected chi connectivity index (χ4v) is 1.29. The van der Waals surface area contributed by atoms with Crippen LogP contribution in [-0.2, 0) is 4.79 Å².